The summed E-state index contributed by atoms with van der Waals surface area (Å²) >= 11 is 0. The normalized spacial score (nSPS) is 17.3. The lowest BCUT2D eigenvalue weighted by molar-refractivity contribution is -0.119. The van der Waals surface area contributed by atoms with E-state index in [2.05, 4.69) is 4.90 Å². The van der Waals surface area contributed by atoms with Crippen LogP contribution >= 0.6 is 0 Å². The Balaban J connectivity index is 1.92. The number of carbonyl (C=O) groups is 1. The Morgan fingerprint density at radius 1 is 1.32 bits per heavy atom. The first-order valence-electron chi connectivity index (χ1n) is 6.25. The summed E-state index contributed by atoms with van der Waals surface area (Å²) in [5, 5.41) is 0. The molecular weight excluding hydrogens is 262 g/mol. The van der Waals surface area contributed by atoms with Gasteiger partial charge in [0, 0.05) is 53.8 Å². The zero-order valence-corrected chi connectivity index (χ0v) is 11.9. The van der Waals surface area contributed by atoms with Crippen molar-refractivity contribution in [3.05, 3.63) is 24.3 Å². The van der Waals surface area contributed by atoms with E-state index in [1.165, 1.54) is 0 Å². The van der Waals surface area contributed by atoms with Gasteiger partial charge in [0.1, 0.15) is 0 Å². The molecule has 1 aromatic carbocycles. The van der Waals surface area contributed by atoms with Crippen molar-refractivity contribution in [3.8, 4) is 0 Å². The summed E-state index contributed by atoms with van der Waals surface area (Å²) in [6.45, 7) is 1.83. The Morgan fingerprint density at radius 2 is 1.89 bits per heavy atom. The molecule has 0 bridgehead atoms. The van der Waals surface area contributed by atoms with E-state index in [9.17, 15) is 9.00 Å². The van der Waals surface area contributed by atoms with Crippen LogP contribution in [0, 0.1) is 0 Å². The average molecular weight is 281 g/mol. The number of nitrogens with zero attached hydrogens (tertiary/aromatic N) is 2. The summed E-state index contributed by atoms with van der Waals surface area (Å²) in [4.78, 5) is 15.8. The maximum atomic E-state index is 12.2. The predicted octanol–water partition coefficient (Wildman–Crippen LogP) is 0.296. The van der Waals surface area contributed by atoms with Gasteiger partial charge in [-0.15, -0.1) is 0 Å². The highest BCUT2D eigenvalue weighted by atomic mass is 32.2. The van der Waals surface area contributed by atoms with Crippen LogP contribution in [-0.2, 0) is 15.6 Å². The SMILES string of the molecule is CN(C(=O)CN1CCS(=O)CC1)c1ccc(N)cc1. The molecule has 2 rings (SSSR count). The van der Waals surface area contributed by atoms with E-state index in [4.69, 9.17) is 5.73 Å². The molecule has 104 valence electrons. The number of rotatable bonds is 3. The molecule has 1 aromatic rings. The van der Waals surface area contributed by atoms with Crippen LogP contribution in [0.4, 0.5) is 11.4 Å². The molecule has 1 amide bonds. The number of likely N-dealkylation sites (N-methyl/N-ethyl adjacent to an activating group) is 1. The van der Waals surface area contributed by atoms with E-state index in [0.29, 0.717) is 23.7 Å². The van der Waals surface area contributed by atoms with Crippen molar-refractivity contribution in [2.45, 2.75) is 0 Å². The van der Waals surface area contributed by atoms with Crippen LogP contribution in [-0.4, -0.2) is 53.2 Å². The Hall–Kier alpha value is -1.40. The molecular formula is C13H19N3O2S. The fraction of sp³-hybridized carbons (Fsp3) is 0.462. The lowest BCUT2D eigenvalue weighted by Crippen LogP contribution is -2.44. The van der Waals surface area contributed by atoms with Crippen LogP contribution in [0.5, 0.6) is 0 Å². The topological polar surface area (TPSA) is 66.6 Å². The Bertz CT molecular complexity index is 465. The maximum absolute atomic E-state index is 12.2. The molecule has 0 radical (unpaired) electrons. The minimum Gasteiger partial charge on any atom is -0.399 e. The maximum Gasteiger partial charge on any atom is 0.240 e. The Kier molecular flexibility index (Phi) is 4.55. The fourth-order valence-corrected chi connectivity index (χ4v) is 3.10. The second-order valence-electron chi connectivity index (χ2n) is 4.67. The molecule has 0 unspecified atom stereocenters. The molecule has 0 saturated carbocycles. The molecule has 1 saturated heterocycles. The largest absolute Gasteiger partial charge is 0.399 e. The van der Waals surface area contributed by atoms with Crippen molar-refractivity contribution in [2.75, 3.05) is 48.8 Å². The molecule has 1 aliphatic rings. The van der Waals surface area contributed by atoms with E-state index in [1.807, 2.05) is 12.1 Å². The van der Waals surface area contributed by atoms with Crippen molar-refractivity contribution in [1.29, 1.82) is 0 Å². The van der Waals surface area contributed by atoms with Gasteiger partial charge in [-0.2, -0.15) is 0 Å². The van der Waals surface area contributed by atoms with Crippen molar-refractivity contribution in [1.82, 2.24) is 4.90 Å². The van der Waals surface area contributed by atoms with E-state index in [0.717, 1.165) is 18.8 Å². The van der Waals surface area contributed by atoms with Crippen LogP contribution in [0.25, 0.3) is 0 Å². The second-order valence-corrected chi connectivity index (χ2v) is 6.36. The summed E-state index contributed by atoms with van der Waals surface area (Å²) in [7, 11) is 1.05. The molecule has 0 aliphatic carbocycles. The van der Waals surface area contributed by atoms with Crippen LogP contribution in [0.1, 0.15) is 0 Å². The number of nitrogens with two attached hydrogens (primary N) is 1. The standard InChI is InChI=1S/C13H19N3O2S/c1-15(12-4-2-11(14)3-5-12)13(17)10-16-6-8-19(18)9-7-16/h2-5H,6-10,14H2,1H3. The zero-order chi connectivity index (χ0) is 13.8. The number of nitrogen functional groups attached to an aromatic ring is 1. The first-order valence-corrected chi connectivity index (χ1v) is 7.74. The molecule has 0 atom stereocenters. The molecule has 0 aromatic heterocycles. The summed E-state index contributed by atoms with van der Waals surface area (Å²) in [6.07, 6.45) is 0. The van der Waals surface area contributed by atoms with Gasteiger partial charge < -0.3 is 10.6 Å². The number of benzene rings is 1. The van der Waals surface area contributed by atoms with E-state index in [-0.39, 0.29) is 5.91 Å². The molecule has 6 heteroatoms. The number of amides is 1. The lowest BCUT2D eigenvalue weighted by Gasteiger charge is -2.27. The third kappa shape index (κ3) is 3.78. The number of anilines is 2. The summed E-state index contributed by atoms with van der Waals surface area (Å²) in [6, 6.07) is 7.23. The quantitative estimate of drug-likeness (QED) is 0.809. The summed E-state index contributed by atoms with van der Waals surface area (Å²) < 4.78 is 11.3. The van der Waals surface area contributed by atoms with Crippen molar-refractivity contribution < 1.29 is 9.00 Å². The van der Waals surface area contributed by atoms with E-state index in [1.54, 1.807) is 24.1 Å². The van der Waals surface area contributed by atoms with Gasteiger partial charge in [0.05, 0.1) is 6.54 Å². The van der Waals surface area contributed by atoms with Gasteiger partial charge in [-0.3, -0.25) is 13.9 Å². The molecule has 1 fully saturated rings. The van der Waals surface area contributed by atoms with Gasteiger partial charge >= 0.3 is 0 Å². The van der Waals surface area contributed by atoms with Crippen LogP contribution < -0.4 is 10.6 Å². The molecule has 0 spiro atoms. The monoisotopic (exact) mass is 281 g/mol. The highest BCUT2D eigenvalue weighted by molar-refractivity contribution is 7.85. The van der Waals surface area contributed by atoms with Crippen molar-refractivity contribution in [3.63, 3.8) is 0 Å². The van der Waals surface area contributed by atoms with Crippen molar-refractivity contribution >= 4 is 28.1 Å². The van der Waals surface area contributed by atoms with Crippen LogP contribution in [0.2, 0.25) is 0 Å². The molecule has 1 heterocycles. The van der Waals surface area contributed by atoms with E-state index < -0.39 is 10.8 Å². The second kappa shape index (κ2) is 6.16. The van der Waals surface area contributed by atoms with Gasteiger partial charge in [0.25, 0.3) is 0 Å². The lowest BCUT2D eigenvalue weighted by atomic mass is 10.2. The zero-order valence-electron chi connectivity index (χ0n) is 11.0. The number of carbonyl (C=O) groups excluding carboxylic acids is 1. The Morgan fingerprint density at radius 3 is 2.47 bits per heavy atom. The minimum atomic E-state index is -0.706. The molecule has 2 N–H and O–H groups in total. The average Bonchev–Trinajstić information content (AvgIpc) is 2.41. The van der Waals surface area contributed by atoms with Gasteiger partial charge in [-0.1, -0.05) is 0 Å². The highest BCUT2D eigenvalue weighted by Gasteiger charge is 2.19. The van der Waals surface area contributed by atoms with Gasteiger partial charge in [0.15, 0.2) is 0 Å². The smallest absolute Gasteiger partial charge is 0.240 e. The van der Waals surface area contributed by atoms with Crippen molar-refractivity contribution in [2.24, 2.45) is 0 Å². The summed E-state index contributed by atoms with van der Waals surface area (Å²) in [5.41, 5.74) is 7.14. The van der Waals surface area contributed by atoms with E-state index >= 15 is 0 Å². The third-order valence-corrected chi connectivity index (χ3v) is 4.56. The molecule has 5 nitrogen and oxygen atoms in total. The minimum absolute atomic E-state index is 0.0393. The first-order chi connectivity index (χ1) is 9.06. The fourth-order valence-electron chi connectivity index (χ4n) is 1.97. The third-order valence-electron chi connectivity index (χ3n) is 3.28. The highest BCUT2D eigenvalue weighted by Crippen LogP contribution is 2.15. The van der Waals surface area contributed by atoms with Crippen LogP contribution in [0.3, 0.4) is 0 Å². The van der Waals surface area contributed by atoms with Gasteiger partial charge in [0.2, 0.25) is 5.91 Å². The molecule has 1 aliphatic heterocycles. The molecule has 19 heavy (non-hydrogen) atoms. The van der Waals surface area contributed by atoms with Gasteiger partial charge in [-0.25, -0.2) is 0 Å². The van der Waals surface area contributed by atoms with Crippen LogP contribution in [0.15, 0.2) is 24.3 Å². The number of hydrogen-bond acceptors (Lipinski definition) is 4. The predicted molar refractivity (Wildman–Crippen MR) is 78.6 cm³/mol. The number of hydrogen-bond donors (Lipinski definition) is 1. The Labute approximate surface area is 115 Å². The summed E-state index contributed by atoms with van der Waals surface area (Å²) in [5.74, 6) is 1.37. The first kappa shape index (κ1) is 14.0. The van der Waals surface area contributed by atoms with Gasteiger partial charge in [-0.05, 0) is 24.3 Å².